The molecule has 3 nitrogen and oxygen atoms in total. The van der Waals surface area contributed by atoms with Crippen molar-refractivity contribution < 1.29 is 0 Å². The van der Waals surface area contributed by atoms with E-state index in [4.69, 9.17) is 0 Å². The van der Waals surface area contributed by atoms with Crippen LogP contribution in [0.2, 0.25) is 0 Å². The molecule has 0 aliphatic carbocycles. The molecule has 0 aromatic carbocycles. The second-order valence-electron chi connectivity index (χ2n) is 5.49. The van der Waals surface area contributed by atoms with Gasteiger partial charge in [0.15, 0.2) is 0 Å². The molecule has 19 heavy (non-hydrogen) atoms. The molecule has 0 bridgehead atoms. The van der Waals surface area contributed by atoms with Crippen LogP contribution < -0.4 is 5.32 Å². The normalized spacial score (nSPS) is 14.6. The van der Waals surface area contributed by atoms with Gasteiger partial charge in [0.2, 0.25) is 0 Å². The molecule has 1 heterocycles. The number of likely N-dealkylation sites (N-methyl/N-ethyl adjacent to an activating group) is 1. The van der Waals surface area contributed by atoms with Crippen LogP contribution in [0, 0.1) is 0 Å². The van der Waals surface area contributed by atoms with E-state index in [9.17, 15) is 0 Å². The lowest BCUT2D eigenvalue weighted by Crippen LogP contribution is -2.37. The minimum Gasteiger partial charge on any atom is -0.314 e. The molecule has 1 rings (SSSR count). The number of hydrogen-bond acceptors (Lipinski definition) is 3. The van der Waals surface area contributed by atoms with Gasteiger partial charge in [-0.1, -0.05) is 13.0 Å². The smallest absolute Gasteiger partial charge is 0.0416 e. The minimum absolute atomic E-state index is 0.590. The fraction of sp³-hybridized carbons (Fsp3) is 0.688. The van der Waals surface area contributed by atoms with E-state index in [1.54, 1.807) is 0 Å². The van der Waals surface area contributed by atoms with Crippen LogP contribution >= 0.6 is 0 Å². The molecule has 0 saturated heterocycles. The molecule has 1 N–H and O–H groups in total. The number of rotatable bonds is 9. The van der Waals surface area contributed by atoms with Crippen LogP contribution in [0.15, 0.2) is 24.4 Å². The number of aromatic nitrogens is 1. The van der Waals surface area contributed by atoms with Gasteiger partial charge in [0.1, 0.15) is 0 Å². The summed E-state index contributed by atoms with van der Waals surface area (Å²) >= 11 is 0. The third kappa shape index (κ3) is 6.69. The molecule has 0 saturated carbocycles. The summed E-state index contributed by atoms with van der Waals surface area (Å²) in [7, 11) is 2.21. The Morgan fingerprint density at radius 2 is 2.11 bits per heavy atom. The summed E-state index contributed by atoms with van der Waals surface area (Å²) in [6.45, 7) is 8.98. The third-order valence-corrected chi connectivity index (χ3v) is 3.64. The minimum atomic E-state index is 0.590. The number of pyridine rings is 1. The Balaban J connectivity index is 2.26. The largest absolute Gasteiger partial charge is 0.314 e. The van der Waals surface area contributed by atoms with E-state index >= 15 is 0 Å². The Kier molecular flexibility index (Phi) is 7.68. The van der Waals surface area contributed by atoms with E-state index in [1.807, 2.05) is 12.3 Å². The van der Waals surface area contributed by atoms with Crippen molar-refractivity contribution in [2.75, 3.05) is 20.1 Å². The fourth-order valence-electron chi connectivity index (χ4n) is 2.22. The van der Waals surface area contributed by atoms with Crippen molar-refractivity contribution >= 4 is 0 Å². The topological polar surface area (TPSA) is 28.2 Å². The average molecular weight is 263 g/mol. The summed E-state index contributed by atoms with van der Waals surface area (Å²) in [6, 6.07) is 7.32. The molecular weight excluding hydrogens is 234 g/mol. The summed E-state index contributed by atoms with van der Waals surface area (Å²) in [4.78, 5) is 6.80. The molecule has 0 radical (unpaired) electrons. The molecule has 108 valence electrons. The first-order valence-corrected chi connectivity index (χ1v) is 7.47. The fourth-order valence-corrected chi connectivity index (χ4v) is 2.22. The maximum Gasteiger partial charge on any atom is 0.0416 e. The van der Waals surface area contributed by atoms with Gasteiger partial charge in [-0.15, -0.1) is 0 Å². The standard InChI is InChI=1S/C16H29N3/c1-5-10-17-14(2)13-15(3)19(4)12-9-16-8-6-7-11-18-16/h6-8,11,14-15,17H,5,9-10,12-13H2,1-4H3. The Hall–Kier alpha value is -0.930. The first-order valence-electron chi connectivity index (χ1n) is 7.47. The van der Waals surface area contributed by atoms with E-state index in [1.165, 1.54) is 18.5 Å². The second kappa shape index (κ2) is 9.05. The molecule has 0 amide bonds. The summed E-state index contributed by atoms with van der Waals surface area (Å²) in [5.74, 6) is 0. The number of nitrogens with zero attached hydrogens (tertiary/aromatic N) is 2. The predicted molar refractivity (Wildman–Crippen MR) is 82.4 cm³/mol. The van der Waals surface area contributed by atoms with E-state index in [2.05, 4.69) is 55.2 Å². The van der Waals surface area contributed by atoms with Crippen molar-refractivity contribution in [1.82, 2.24) is 15.2 Å². The summed E-state index contributed by atoms with van der Waals surface area (Å²) in [6.07, 6.45) is 5.29. The Morgan fingerprint density at radius 3 is 2.74 bits per heavy atom. The van der Waals surface area contributed by atoms with Crippen LogP contribution in [0.3, 0.4) is 0 Å². The zero-order chi connectivity index (χ0) is 14.1. The van der Waals surface area contributed by atoms with Gasteiger partial charge in [-0.2, -0.15) is 0 Å². The molecule has 3 heteroatoms. The maximum atomic E-state index is 4.37. The molecule has 0 aliphatic heterocycles. The predicted octanol–water partition coefficient (Wildman–Crippen LogP) is 2.72. The van der Waals surface area contributed by atoms with Gasteiger partial charge in [-0.05, 0) is 52.4 Å². The summed E-state index contributed by atoms with van der Waals surface area (Å²) in [5, 5.41) is 3.55. The maximum absolute atomic E-state index is 4.37. The van der Waals surface area contributed by atoms with Gasteiger partial charge in [-0.3, -0.25) is 4.98 Å². The molecule has 1 aromatic rings. The first-order chi connectivity index (χ1) is 9.13. The van der Waals surface area contributed by atoms with Crippen molar-refractivity contribution in [3.8, 4) is 0 Å². The van der Waals surface area contributed by atoms with Crippen LogP contribution in [-0.4, -0.2) is 42.1 Å². The van der Waals surface area contributed by atoms with Crippen molar-refractivity contribution in [2.45, 2.75) is 52.1 Å². The molecular formula is C16H29N3. The Bertz CT molecular complexity index is 326. The van der Waals surface area contributed by atoms with Gasteiger partial charge in [0.05, 0.1) is 0 Å². The van der Waals surface area contributed by atoms with Crippen LogP contribution in [0.25, 0.3) is 0 Å². The lowest BCUT2D eigenvalue weighted by atomic mass is 10.1. The van der Waals surface area contributed by atoms with Gasteiger partial charge in [0, 0.05) is 36.9 Å². The summed E-state index contributed by atoms with van der Waals surface area (Å²) < 4.78 is 0. The third-order valence-electron chi connectivity index (χ3n) is 3.64. The molecule has 2 unspecified atom stereocenters. The van der Waals surface area contributed by atoms with Crippen LogP contribution in [0.4, 0.5) is 0 Å². The monoisotopic (exact) mass is 263 g/mol. The highest BCUT2D eigenvalue weighted by Gasteiger charge is 2.12. The summed E-state index contributed by atoms with van der Waals surface area (Å²) in [5.41, 5.74) is 1.18. The molecule has 0 spiro atoms. The zero-order valence-electron chi connectivity index (χ0n) is 12.9. The lowest BCUT2D eigenvalue weighted by molar-refractivity contribution is 0.232. The van der Waals surface area contributed by atoms with Gasteiger partial charge in [-0.25, -0.2) is 0 Å². The van der Waals surface area contributed by atoms with Gasteiger partial charge < -0.3 is 10.2 Å². The SMILES string of the molecule is CCCNC(C)CC(C)N(C)CCc1ccccn1. The van der Waals surface area contributed by atoms with E-state index < -0.39 is 0 Å². The quantitative estimate of drug-likeness (QED) is 0.742. The van der Waals surface area contributed by atoms with Crippen LogP contribution in [0.5, 0.6) is 0 Å². The highest BCUT2D eigenvalue weighted by molar-refractivity contribution is 5.03. The first kappa shape index (κ1) is 16.1. The van der Waals surface area contributed by atoms with E-state index in [-0.39, 0.29) is 0 Å². The molecule has 0 aliphatic rings. The average Bonchev–Trinajstić information content (AvgIpc) is 2.43. The highest BCUT2D eigenvalue weighted by Crippen LogP contribution is 2.06. The zero-order valence-corrected chi connectivity index (χ0v) is 12.9. The van der Waals surface area contributed by atoms with Crippen LogP contribution in [-0.2, 0) is 6.42 Å². The van der Waals surface area contributed by atoms with Crippen molar-refractivity contribution in [3.05, 3.63) is 30.1 Å². The van der Waals surface area contributed by atoms with Crippen molar-refractivity contribution in [2.24, 2.45) is 0 Å². The highest BCUT2D eigenvalue weighted by atomic mass is 15.1. The van der Waals surface area contributed by atoms with Gasteiger partial charge in [0.25, 0.3) is 0 Å². The molecule has 0 fully saturated rings. The van der Waals surface area contributed by atoms with E-state index in [0.717, 1.165) is 19.5 Å². The Labute approximate surface area is 118 Å². The Morgan fingerprint density at radius 1 is 1.32 bits per heavy atom. The van der Waals surface area contributed by atoms with Crippen molar-refractivity contribution in [3.63, 3.8) is 0 Å². The van der Waals surface area contributed by atoms with Crippen LogP contribution in [0.1, 0.15) is 39.3 Å². The van der Waals surface area contributed by atoms with Crippen molar-refractivity contribution in [1.29, 1.82) is 0 Å². The molecule has 2 atom stereocenters. The molecule has 1 aromatic heterocycles. The number of nitrogens with one attached hydrogen (secondary N) is 1. The second-order valence-corrected chi connectivity index (χ2v) is 5.49. The number of hydrogen-bond donors (Lipinski definition) is 1. The van der Waals surface area contributed by atoms with E-state index in [0.29, 0.717) is 12.1 Å². The van der Waals surface area contributed by atoms with Gasteiger partial charge >= 0.3 is 0 Å². The lowest BCUT2D eigenvalue weighted by Gasteiger charge is -2.27.